The molecule has 3 atom stereocenters. The number of amides is 1. The number of carbonyl (C=O) groups excluding carboxylic acids is 1. The van der Waals surface area contributed by atoms with Gasteiger partial charge in [-0.05, 0) is 37.5 Å². The number of nitrogens with one attached hydrogen (secondary N) is 2. The van der Waals surface area contributed by atoms with Crippen LogP contribution in [-0.4, -0.2) is 49.6 Å². The first-order valence-electron chi connectivity index (χ1n) is 9.99. The summed E-state index contributed by atoms with van der Waals surface area (Å²) in [4.78, 5) is 22.7. The van der Waals surface area contributed by atoms with Crippen molar-refractivity contribution in [3.05, 3.63) is 59.1 Å². The standard InChI is InChI=1S/C20H18F4N6OS/c21-13-4-1-3-12(17(13)18-25-7-2-8-26-18)19(31)29-11-5-6-15(29)14(9-11)28-30-27-10-16(32-30)20(22,23)24/h1-4,7-8,10-11,14-15,27-28H,5-6,9H2/t11-,14-,15+/m1/s1. The first kappa shape index (κ1) is 21.2. The molecule has 3 aliphatic rings. The minimum Gasteiger partial charge on any atom is -0.331 e. The van der Waals surface area contributed by atoms with Crippen molar-refractivity contribution in [3.8, 4) is 11.4 Å². The minimum absolute atomic E-state index is 0.0460. The third-order valence-electron chi connectivity index (χ3n) is 5.87. The van der Waals surface area contributed by atoms with E-state index in [-0.39, 0.29) is 41.0 Å². The van der Waals surface area contributed by atoms with Crippen molar-refractivity contribution in [1.82, 2.24) is 30.2 Å². The SMILES string of the molecule is O=C(c1cccc(F)c1-c1ncccn1)N1[C@@H]2CC[C@H]1[C@H](NN1NC=C(C(F)(F)F)S1)C2. The molecule has 0 unspecified atom stereocenters. The van der Waals surface area contributed by atoms with Crippen LogP contribution in [0.4, 0.5) is 17.6 Å². The highest BCUT2D eigenvalue weighted by Gasteiger charge is 2.50. The largest absolute Gasteiger partial charge is 0.425 e. The lowest BCUT2D eigenvalue weighted by molar-refractivity contribution is -0.0836. The Morgan fingerprint density at radius 1 is 1.19 bits per heavy atom. The van der Waals surface area contributed by atoms with E-state index in [1.54, 1.807) is 17.0 Å². The van der Waals surface area contributed by atoms with E-state index in [0.29, 0.717) is 24.8 Å². The topological polar surface area (TPSA) is 73.4 Å². The van der Waals surface area contributed by atoms with Gasteiger partial charge < -0.3 is 10.3 Å². The molecule has 4 heterocycles. The average molecular weight is 466 g/mol. The first-order chi connectivity index (χ1) is 15.3. The van der Waals surface area contributed by atoms with Gasteiger partial charge in [-0.3, -0.25) is 4.79 Å². The van der Waals surface area contributed by atoms with Crippen molar-refractivity contribution in [1.29, 1.82) is 0 Å². The molecule has 32 heavy (non-hydrogen) atoms. The van der Waals surface area contributed by atoms with Crippen molar-refractivity contribution >= 4 is 17.9 Å². The summed E-state index contributed by atoms with van der Waals surface area (Å²) in [7, 11) is 0. The molecular formula is C20H18F4N6OS. The number of benzene rings is 1. The summed E-state index contributed by atoms with van der Waals surface area (Å²) in [5, 5.41) is 0. The van der Waals surface area contributed by atoms with Gasteiger partial charge in [-0.25, -0.2) is 19.8 Å². The molecule has 2 N–H and O–H groups in total. The zero-order valence-corrected chi connectivity index (χ0v) is 17.3. The Morgan fingerprint density at radius 3 is 2.69 bits per heavy atom. The van der Waals surface area contributed by atoms with Crippen LogP contribution in [-0.2, 0) is 0 Å². The number of hydrogen-bond acceptors (Lipinski definition) is 7. The van der Waals surface area contributed by atoms with Crippen molar-refractivity contribution in [2.24, 2.45) is 0 Å². The van der Waals surface area contributed by atoms with E-state index in [1.807, 2.05) is 0 Å². The smallest absolute Gasteiger partial charge is 0.331 e. The molecule has 7 nitrogen and oxygen atoms in total. The molecule has 2 fully saturated rings. The second-order valence-corrected chi connectivity index (χ2v) is 8.73. The molecule has 1 aromatic heterocycles. The van der Waals surface area contributed by atoms with Crippen molar-refractivity contribution in [2.75, 3.05) is 0 Å². The van der Waals surface area contributed by atoms with Gasteiger partial charge in [0, 0.05) is 48.7 Å². The van der Waals surface area contributed by atoms with E-state index in [1.165, 1.54) is 29.0 Å². The van der Waals surface area contributed by atoms with Gasteiger partial charge in [-0.15, -0.1) is 0 Å². The van der Waals surface area contributed by atoms with Crippen LogP contribution in [0.25, 0.3) is 11.4 Å². The first-order valence-corrected chi connectivity index (χ1v) is 10.8. The van der Waals surface area contributed by atoms with Crippen molar-refractivity contribution in [3.63, 3.8) is 0 Å². The molecule has 2 saturated heterocycles. The molecule has 0 saturated carbocycles. The van der Waals surface area contributed by atoms with Crippen LogP contribution in [0.2, 0.25) is 0 Å². The minimum atomic E-state index is -4.43. The molecule has 2 bridgehead atoms. The lowest BCUT2D eigenvalue weighted by Gasteiger charge is -2.28. The quantitative estimate of drug-likeness (QED) is 0.529. The van der Waals surface area contributed by atoms with Crippen LogP contribution < -0.4 is 10.9 Å². The zero-order valence-electron chi connectivity index (χ0n) is 16.5. The Kier molecular flexibility index (Phi) is 5.30. The second-order valence-electron chi connectivity index (χ2n) is 7.74. The monoisotopic (exact) mass is 466 g/mol. The van der Waals surface area contributed by atoms with E-state index in [2.05, 4.69) is 20.8 Å². The fourth-order valence-electron chi connectivity index (χ4n) is 4.56. The number of alkyl halides is 3. The average Bonchev–Trinajstić information content (AvgIpc) is 3.48. The number of fused-ring (bicyclic) bond motifs is 2. The summed E-state index contributed by atoms with van der Waals surface area (Å²) in [5.74, 6) is -0.801. The molecule has 0 radical (unpaired) electrons. The van der Waals surface area contributed by atoms with Gasteiger partial charge >= 0.3 is 6.18 Å². The number of nitrogens with zero attached hydrogens (tertiary/aromatic N) is 4. The number of allylic oxidation sites excluding steroid dienone is 1. The number of rotatable bonds is 4. The maximum atomic E-state index is 14.7. The van der Waals surface area contributed by atoms with Crippen molar-refractivity contribution < 1.29 is 22.4 Å². The van der Waals surface area contributed by atoms with Gasteiger partial charge in [0.05, 0.1) is 11.1 Å². The van der Waals surface area contributed by atoms with Crippen LogP contribution in [0.3, 0.4) is 0 Å². The summed E-state index contributed by atoms with van der Waals surface area (Å²) in [6.07, 6.45) is 1.50. The molecule has 12 heteroatoms. The number of aromatic nitrogens is 2. The Balaban J connectivity index is 1.35. The predicted molar refractivity (Wildman–Crippen MR) is 109 cm³/mol. The van der Waals surface area contributed by atoms with E-state index in [0.717, 1.165) is 12.6 Å². The molecule has 2 aromatic rings. The highest BCUT2D eigenvalue weighted by Crippen LogP contribution is 2.42. The summed E-state index contributed by atoms with van der Waals surface area (Å²) >= 11 is 0.517. The Bertz CT molecular complexity index is 1070. The lowest BCUT2D eigenvalue weighted by atomic mass is 9.96. The van der Waals surface area contributed by atoms with E-state index in [4.69, 9.17) is 0 Å². The summed E-state index contributed by atoms with van der Waals surface area (Å²) in [6, 6.07) is 5.34. The number of halogens is 4. The van der Waals surface area contributed by atoms with Crippen LogP contribution in [0.1, 0.15) is 29.6 Å². The van der Waals surface area contributed by atoms with Gasteiger partial charge in [0.15, 0.2) is 5.82 Å². The van der Waals surface area contributed by atoms with Gasteiger partial charge in [0.1, 0.15) is 10.7 Å². The van der Waals surface area contributed by atoms with Gasteiger partial charge in [-0.1, -0.05) is 10.6 Å². The maximum absolute atomic E-state index is 14.7. The van der Waals surface area contributed by atoms with Gasteiger partial charge in [0.2, 0.25) is 0 Å². The van der Waals surface area contributed by atoms with Crippen LogP contribution in [0.5, 0.6) is 0 Å². The summed E-state index contributed by atoms with van der Waals surface area (Å²) in [5.41, 5.74) is 5.81. The Labute approximate surface area is 185 Å². The Hall–Kier alpha value is -2.70. The van der Waals surface area contributed by atoms with Gasteiger partial charge in [0.25, 0.3) is 5.91 Å². The van der Waals surface area contributed by atoms with E-state index < -0.39 is 16.9 Å². The second kappa shape index (κ2) is 8.01. The molecule has 0 spiro atoms. The summed E-state index contributed by atoms with van der Waals surface area (Å²) < 4.78 is 54.6. The number of hydrazine groups is 2. The normalized spacial score (nSPS) is 25.2. The van der Waals surface area contributed by atoms with E-state index in [9.17, 15) is 22.4 Å². The van der Waals surface area contributed by atoms with Crippen LogP contribution in [0, 0.1) is 5.82 Å². The number of carbonyl (C=O) groups is 1. The molecule has 5 rings (SSSR count). The molecule has 1 aromatic carbocycles. The fourth-order valence-corrected chi connectivity index (χ4v) is 5.26. The summed E-state index contributed by atoms with van der Waals surface area (Å²) in [6.45, 7) is 0. The highest BCUT2D eigenvalue weighted by molar-refractivity contribution is 8.01. The van der Waals surface area contributed by atoms with Crippen molar-refractivity contribution in [2.45, 2.75) is 43.6 Å². The van der Waals surface area contributed by atoms with Crippen LogP contribution in [0.15, 0.2) is 47.8 Å². The Morgan fingerprint density at radius 2 is 1.97 bits per heavy atom. The van der Waals surface area contributed by atoms with E-state index >= 15 is 0 Å². The molecule has 0 aliphatic carbocycles. The highest BCUT2D eigenvalue weighted by atomic mass is 32.2. The number of hydrogen-bond donors (Lipinski definition) is 2. The molecular weight excluding hydrogens is 448 g/mol. The van der Waals surface area contributed by atoms with Gasteiger partial charge in [-0.2, -0.15) is 13.2 Å². The predicted octanol–water partition coefficient (Wildman–Crippen LogP) is 3.40. The zero-order chi connectivity index (χ0) is 22.5. The molecule has 168 valence electrons. The maximum Gasteiger partial charge on any atom is 0.425 e. The third kappa shape index (κ3) is 3.71. The molecule has 1 amide bonds. The fraction of sp³-hybridized carbons (Fsp3) is 0.350. The third-order valence-corrected chi connectivity index (χ3v) is 6.81. The van der Waals surface area contributed by atoms with Crippen LogP contribution >= 0.6 is 11.9 Å². The lowest BCUT2D eigenvalue weighted by Crippen LogP contribution is -2.50. The molecule has 3 aliphatic heterocycles.